The van der Waals surface area contributed by atoms with Crippen molar-refractivity contribution in [2.75, 3.05) is 19.8 Å². The van der Waals surface area contributed by atoms with E-state index in [1.54, 1.807) is 0 Å². The van der Waals surface area contributed by atoms with E-state index in [1.165, 1.54) is 0 Å². The van der Waals surface area contributed by atoms with Gasteiger partial charge in [-0.1, -0.05) is 60.7 Å². The summed E-state index contributed by atoms with van der Waals surface area (Å²) in [6.07, 6.45) is 3.32. The van der Waals surface area contributed by atoms with Gasteiger partial charge in [0, 0.05) is 13.2 Å². The maximum atomic E-state index is 13.4. The first-order valence-electron chi connectivity index (χ1n) is 9.85. The van der Waals surface area contributed by atoms with Crippen molar-refractivity contribution in [3.63, 3.8) is 0 Å². The van der Waals surface area contributed by atoms with Gasteiger partial charge >= 0.3 is 0 Å². The van der Waals surface area contributed by atoms with Gasteiger partial charge in [-0.05, 0) is 42.7 Å². The molecule has 2 aliphatic rings. The van der Waals surface area contributed by atoms with E-state index in [0.717, 1.165) is 24.0 Å². The summed E-state index contributed by atoms with van der Waals surface area (Å²) in [5.74, 6) is 0.203. The van der Waals surface area contributed by atoms with Crippen LogP contribution in [0.5, 0.6) is 0 Å². The van der Waals surface area contributed by atoms with E-state index in [4.69, 9.17) is 4.74 Å². The van der Waals surface area contributed by atoms with Crippen LogP contribution in [0.15, 0.2) is 60.7 Å². The maximum Gasteiger partial charge on any atom is 0.230 e. The average Bonchev–Trinajstić information content (AvgIpc) is 3.59. The molecule has 0 radical (unpaired) electrons. The summed E-state index contributed by atoms with van der Waals surface area (Å²) in [6, 6.07) is 19.7. The van der Waals surface area contributed by atoms with Crippen molar-refractivity contribution >= 4 is 5.91 Å². The van der Waals surface area contributed by atoms with Gasteiger partial charge in [0.15, 0.2) is 0 Å². The molecule has 2 aromatic rings. The molecule has 2 fully saturated rings. The summed E-state index contributed by atoms with van der Waals surface area (Å²) >= 11 is 0. The van der Waals surface area contributed by atoms with Crippen molar-refractivity contribution in [2.45, 2.75) is 36.7 Å². The van der Waals surface area contributed by atoms with Gasteiger partial charge in [-0.2, -0.15) is 0 Å². The molecular weight excluding hydrogens is 338 g/mol. The smallest absolute Gasteiger partial charge is 0.230 e. The van der Waals surface area contributed by atoms with Gasteiger partial charge in [0.05, 0.1) is 12.0 Å². The number of aliphatic hydroxyl groups is 1. The Bertz CT molecular complexity index is 767. The lowest BCUT2D eigenvalue weighted by Crippen LogP contribution is -2.52. The minimum absolute atomic E-state index is 0.00740. The summed E-state index contributed by atoms with van der Waals surface area (Å²) in [6.45, 7) is 1.40. The highest BCUT2D eigenvalue weighted by Gasteiger charge is 2.47. The Kier molecular flexibility index (Phi) is 5.02. The van der Waals surface area contributed by atoms with Gasteiger partial charge in [-0.3, -0.25) is 4.79 Å². The second-order valence-electron chi connectivity index (χ2n) is 7.81. The molecule has 1 saturated heterocycles. The first-order valence-corrected chi connectivity index (χ1v) is 9.85. The molecule has 1 atom stereocenters. The molecule has 0 spiro atoms. The molecule has 1 amide bonds. The lowest BCUT2D eigenvalue weighted by molar-refractivity contribution is -0.132. The molecule has 142 valence electrons. The number of ether oxygens (including phenoxy) is 1. The van der Waals surface area contributed by atoms with Crippen molar-refractivity contribution in [1.82, 2.24) is 5.32 Å². The highest BCUT2D eigenvalue weighted by Crippen LogP contribution is 2.45. The normalized spacial score (nSPS) is 21.2. The Morgan fingerprint density at radius 1 is 1.04 bits per heavy atom. The molecule has 0 bridgehead atoms. The lowest BCUT2D eigenvalue weighted by Gasteiger charge is -2.38. The maximum absolute atomic E-state index is 13.4. The van der Waals surface area contributed by atoms with Gasteiger partial charge in [-0.15, -0.1) is 0 Å². The third-order valence-electron chi connectivity index (χ3n) is 6.15. The second kappa shape index (κ2) is 7.45. The van der Waals surface area contributed by atoms with Crippen LogP contribution in [0.3, 0.4) is 0 Å². The molecule has 1 unspecified atom stereocenters. The Balaban J connectivity index is 1.56. The topological polar surface area (TPSA) is 58.6 Å². The fraction of sp³-hybridized carbons (Fsp3) is 0.435. The summed E-state index contributed by atoms with van der Waals surface area (Å²) in [5, 5.41) is 14.5. The standard InChI is InChI=1S/C23H27NO3/c25-21(22(13-15-27-16-14-22)18-7-3-1-4-8-18)24-17-23(26,20-11-12-20)19-9-5-2-6-10-19/h1-10,20,26H,11-17H2,(H,24,25). The zero-order valence-electron chi connectivity index (χ0n) is 15.6. The summed E-state index contributed by atoms with van der Waals surface area (Å²) < 4.78 is 5.53. The molecule has 27 heavy (non-hydrogen) atoms. The Morgan fingerprint density at radius 2 is 1.63 bits per heavy atom. The first-order chi connectivity index (χ1) is 13.2. The van der Waals surface area contributed by atoms with Crippen LogP contribution in [0, 0.1) is 5.92 Å². The number of carbonyl (C=O) groups is 1. The third-order valence-corrected chi connectivity index (χ3v) is 6.15. The van der Waals surface area contributed by atoms with Crippen molar-refractivity contribution in [1.29, 1.82) is 0 Å². The van der Waals surface area contributed by atoms with Crippen molar-refractivity contribution in [3.8, 4) is 0 Å². The predicted molar refractivity (Wildman–Crippen MR) is 104 cm³/mol. The molecule has 1 aliphatic heterocycles. The average molecular weight is 365 g/mol. The molecule has 0 aromatic heterocycles. The zero-order valence-corrected chi connectivity index (χ0v) is 15.6. The number of hydrogen-bond acceptors (Lipinski definition) is 3. The summed E-state index contributed by atoms with van der Waals surface area (Å²) in [5.41, 5.74) is 0.328. The number of rotatable bonds is 6. The van der Waals surface area contributed by atoms with Crippen LogP contribution in [-0.4, -0.2) is 30.8 Å². The predicted octanol–water partition coefficient (Wildman–Crippen LogP) is 3.15. The van der Waals surface area contributed by atoms with E-state index in [-0.39, 0.29) is 18.4 Å². The van der Waals surface area contributed by atoms with E-state index in [2.05, 4.69) is 5.32 Å². The van der Waals surface area contributed by atoms with Gasteiger partial charge < -0.3 is 15.2 Å². The van der Waals surface area contributed by atoms with Crippen LogP contribution >= 0.6 is 0 Å². The van der Waals surface area contributed by atoms with Gasteiger partial charge in [0.25, 0.3) is 0 Å². The van der Waals surface area contributed by atoms with Crippen LogP contribution < -0.4 is 5.32 Å². The van der Waals surface area contributed by atoms with Crippen molar-refractivity contribution in [2.24, 2.45) is 5.92 Å². The number of amides is 1. The van der Waals surface area contributed by atoms with Crippen LogP contribution in [0.25, 0.3) is 0 Å². The van der Waals surface area contributed by atoms with E-state index in [9.17, 15) is 9.90 Å². The number of nitrogens with one attached hydrogen (secondary N) is 1. The Hall–Kier alpha value is -2.17. The van der Waals surface area contributed by atoms with E-state index >= 15 is 0 Å². The third kappa shape index (κ3) is 3.52. The fourth-order valence-electron chi connectivity index (χ4n) is 4.28. The van der Waals surface area contributed by atoms with E-state index < -0.39 is 11.0 Å². The molecule has 4 rings (SSSR count). The Morgan fingerprint density at radius 3 is 2.22 bits per heavy atom. The molecule has 2 aromatic carbocycles. The Labute approximate surface area is 160 Å². The van der Waals surface area contributed by atoms with Gasteiger partial charge in [-0.25, -0.2) is 0 Å². The molecule has 4 heteroatoms. The SMILES string of the molecule is O=C(NCC(O)(c1ccccc1)C1CC1)C1(c2ccccc2)CCOCC1. The van der Waals surface area contributed by atoms with Crippen LogP contribution in [0.2, 0.25) is 0 Å². The van der Waals surface area contributed by atoms with E-state index in [1.807, 2.05) is 60.7 Å². The molecule has 2 N–H and O–H groups in total. The quantitative estimate of drug-likeness (QED) is 0.827. The molecule has 1 heterocycles. The van der Waals surface area contributed by atoms with Crippen molar-refractivity contribution in [3.05, 3.63) is 71.8 Å². The minimum Gasteiger partial charge on any atom is -0.383 e. The molecule has 1 aliphatic carbocycles. The van der Waals surface area contributed by atoms with Gasteiger partial charge in [0.2, 0.25) is 5.91 Å². The number of carbonyl (C=O) groups excluding carboxylic acids is 1. The first kappa shape index (κ1) is 18.2. The molecular formula is C23H27NO3. The second-order valence-corrected chi connectivity index (χ2v) is 7.81. The van der Waals surface area contributed by atoms with Crippen LogP contribution in [0.1, 0.15) is 36.8 Å². The fourth-order valence-corrected chi connectivity index (χ4v) is 4.28. The number of benzene rings is 2. The monoisotopic (exact) mass is 365 g/mol. The highest BCUT2D eigenvalue weighted by atomic mass is 16.5. The van der Waals surface area contributed by atoms with Gasteiger partial charge in [0.1, 0.15) is 5.60 Å². The number of hydrogen-bond donors (Lipinski definition) is 2. The lowest BCUT2D eigenvalue weighted by atomic mass is 9.73. The minimum atomic E-state index is -1.00. The molecule has 4 nitrogen and oxygen atoms in total. The largest absolute Gasteiger partial charge is 0.383 e. The van der Waals surface area contributed by atoms with Crippen molar-refractivity contribution < 1.29 is 14.6 Å². The molecule has 1 saturated carbocycles. The summed E-state index contributed by atoms with van der Waals surface area (Å²) in [7, 11) is 0. The zero-order chi connectivity index (χ0) is 18.7. The van der Waals surface area contributed by atoms with Crippen LogP contribution in [0.4, 0.5) is 0 Å². The van der Waals surface area contributed by atoms with Crippen LogP contribution in [-0.2, 0) is 20.5 Å². The van der Waals surface area contributed by atoms with E-state index in [0.29, 0.717) is 26.1 Å². The summed E-state index contributed by atoms with van der Waals surface area (Å²) in [4.78, 5) is 13.4. The highest BCUT2D eigenvalue weighted by molar-refractivity contribution is 5.88.